The first-order valence-electron chi connectivity index (χ1n) is 11.0. The largest absolute Gasteiger partial charge is 0.507 e. The van der Waals surface area contributed by atoms with Gasteiger partial charge in [-0.3, -0.25) is 14.5 Å². The summed E-state index contributed by atoms with van der Waals surface area (Å²) in [7, 11) is 0. The number of ketones is 1. The molecule has 0 spiro atoms. The van der Waals surface area contributed by atoms with E-state index in [0.717, 1.165) is 10.8 Å². The van der Waals surface area contributed by atoms with Crippen molar-refractivity contribution in [2.75, 3.05) is 11.5 Å². The maximum absolute atomic E-state index is 13.3. The number of aromatic nitrogens is 1. The number of nitrogens with zero attached hydrogens (tertiary/aromatic N) is 2. The normalized spacial score (nSPS) is 17.2. The average molecular weight is 466 g/mol. The molecule has 0 unspecified atom stereocenters. The zero-order valence-corrected chi connectivity index (χ0v) is 19.0. The zero-order chi connectivity index (χ0) is 24.5. The second-order valence-corrected chi connectivity index (χ2v) is 8.20. The number of aliphatic hydroxyl groups excluding tert-OH is 1. The highest BCUT2D eigenvalue weighted by Gasteiger charge is 2.48. The summed E-state index contributed by atoms with van der Waals surface area (Å²) in [4.78, 5) is 27.8. The summed E-state index contributed by atoms with van der Waals surface area (Å²) >= 11 is 0. The number of carbonyl (C=O) groups excluding carboxylic acids is 2. The zero-order valence-electron chi connectivity index (χ0n) is 19.0. The Kier molecular flexibility index (Phi) is 5.66. The van der Waals surface area contributed by atoms with Crippen LogP contribution in [0.2, 0.25) is 0 Å². The molecule has 1 saturated heterocycles. The van der Waals surface area contributed by atoms with Crippen LogP contribution in [-0.4, -0.2) is 28.6 Å². The van der Waals surface area contributed by atoms with Crippen LogP contribution in [0.1, 0.15) is 22.9 Å². The monoisotopic (exact) mass is 466 g/mol. The van der Waals surface area contributed by atoms with E-state index in [0.29, 0.717) is 29.2 Å². The van der Waals surface area contributed by atoms with Crippen LogP contribution in [0.5, 0.6) is 5.75 Å². The number of aliphatic hydroxyl groups is 1. The van der Waals surface area contributed by atoms with Gasteiger partial charge in [0.05, 0.1) is 11.6 Å². The molecule has 0 radical (unpaired) electrons. The third kappa shape index (κ3) is 3.97. The molecule has 1 aliphatic rings. The summed E-state index contributed by atoms with van der Waals surface area (Å²) in [5, 5.41) is 17.2. The van der Waals surface area contributed by atoms with E-state index in [1.807, 2.05) is 30.3 Å². The van der Waals surface area contributed by atoms with Gasteiger partial charge >= 0.3 is 5.91 Å². The van der Waals surface area contributed by atoms with Gasteiger partial charge in [-0.1, -0.05) is 66.3 Å². The first kappa shape index (κ1) is 22.2. The SMILES string of the molecule is C=CCOc1cccc([C@H]2C(=C(O)c3ccc4ccccc4c3)C(=O)C(=O)N2c2cc(C)on2)c1. The van der Waals surface area contributed by atoms with Gasteiger partial charge in [0.25, 0.3) is 5.78 Å². The van der Waals surface area contributed by atoms with Crippen molar-refractivity contribution in [3.8, 4) is 5.75 Å². The van der Waals surface area contributed by atoms with Crippen LogP contribution in [0.3, 0.4) is 0 Å². The molecule has 1 fully saturated rings. The van der Waals surface area contributed by atoms with Crippen molar-refractivity contribution < 1.29 is 24.0 Å². The number of hydrogen-bond acceptors (Lipinski definition) is 6. The highest BCUT2D eigenvalue weighted by Crippen LogP contribution is 2.42. The van der Waals surface area contributed by atoms with Crippen molar-refractivity contribution in [2.24, 2.45) is 0 Å². The number of ether oxygens (including phenoxy) is 1. The molecule has 0 bridgehead atoms. The van der Waals surface area contributed by atoms with Crippen molar-refractivity contribution >= 4 is 34.0 Å². The van der Waals surface area contributed by atoms with Crippen LogP contribution in [0.15, 0.2) is 95.5 Å². The fourth-order valence-corrected chi connectivity index (χ4v) is 4.27. The molecule has 7 heteroatoms. The van der Waals surface area contributed by atoms with Crippen molar-refractivity contribution in [3.63, 3.8) is 0 Å². The van der Waals surface area contributed by atoms with Crippen molar-refractivity contribution in [1.29, 1.82) is 0 Å². The Morgan fingerprint density at radius 2 is 1.89 bits per heavy atom. The first-order valence-corrected chi connectivity index (χ1v) is 11.0. The fraction of sp³-hybridized carbons (Fsp3) is 0.107. The molecule has 1 atom stereocenters. The van der Waals surface area contributed by atoms with E-state index in [1.165, 1.54) is 4.90 Å². The molecule has 7 nitrogen and oxygen atoms in total. The van der Waals surface area contributed by atoms with Crippen LogP contribution in [0.25, 0.3) is 16.5 Å². The summed E-state index contributed by atoms with van der Waals surface area (Å²) in [6, 6.07) is 20.7. The van der Waals surface area contributed by atoms with Gasteiger partial charge in [0, 0.05) is 11.6 Å². The van der Waals surface area contributed by atoms with Gasteiger partial charge in [-0.15, -0.1) is 0 Å². The number of amides is 1. The standard InChI is InChI=1S/C28H22N2O5/c1-3-13-34-22-10-6-9-20(16-22)25-24(27(32)28(33)30(25)23-14-17(2)35-29-23)26(31)21-12-11-18-7-4-5-8-19(18)15-21/h3-12,14-16,25,31H,1,13H2,2H3/t25-/m0/s1. The van der Waals surface area contributed by atoms with Gasteiger partial charge in [-0.05, 0) is 41.5 Å². The minimum Gasteiger partial charge on any atom is -0.507 e. The third-order valence-corrected chi connectivity index (χ3v) is 5.87. The lowest BCUT2D eigenvalue weighted by molar-refractivity contribution is -0.132. The Balaban J connectivity index is 1.70. The minimum absolute atomic E-state index is 0.0354. The van der Waals surface area contributed by atoms with E-state index in [2.05, 4.69) is 11.7 Å². The third-order valence-electron chi connectivity index (χ3n) is 5.87. The maximum Gasteiger partial charge on any atom is 0.301 e. The number of rotatable bonds is 6. The van der Waals surface area contributed by atoms with E-state index in [9.17, 15) is 14.7 Å². The summed E-state index contributed by atoms with van der Waals surface area (Å²) in [6.07, 6.45) is 1.62. The number of hydrogen-bond donors (Lipinski definition) is 1. The number of anilines is 1. The molecule has 0 aliphatic carbocycles. The second-order valence-electron chi connectivity index (χ2n) is 8.20. The maximum atomic E-state index is 13.3. The van der Waals surface area contributed by atoms with Crippen molar-refractivity contribution in [2.45, 2.75) is 13.0 Å². The number of Topliss-reactive ketones (excluding diaryl/α,β-unsaturated/α-hetero) is 1. The molecule has 4 aromatic rings. The molecule has 1 aromatic heterocycles. The van der Waals surface area contributed by atoms with Crippen LogP contribution in [0.4, 0.5) is 5.82 Å². The van der Waals surface area contributed by atoms with E-state index < -0.39 is 17.7 Å². The van der Waals surface area contributed by atoms with E-state index in [4.69, 9.17) is 9.26 Å². The van der Waals surface area contributed by atoms with Gasteiger partial charge in [0.15, 0.2) is 5.82 Å². The van der Waals surface area contributed by atoms with Crippen LogP contribution >= 0.6 is 0 Å². The highest BCUT2D eigenvalue weighted by molar-refractivity contribution is 6.51. The highest BCUT2D eigenvalue weighted by atomic mass is 16.5. The average Bonchev–Trinajstić information content (AvgIpc) is 3.42. The Hall–Kier alpha value is -4.65. The van der Waals surface area contributed by atoms with Crippen LogP contribution in [0, 0.1) is 6.92 Å². The van der Waals surface area contributed by atoms with Gasteiger partial charge < -0.3 is 14.4 Å². The number of fused-ring (bicyclic) bond motifs is 1. The summed E-state index contributed by atoms with van der Waals surface area (Å²) in [6.45, 7) is 5.65. The molecule has 2 heterocycles. The summed E-state index contributed by atoms with van der Waals surface area (Å²) in [5.74, 6) is -0.668. The molecular weight excluding hydrogens is 444 g/mol. The molecule has 1 N–H and O–H groups in total. The fourth-order valence-electron chi connectivity index (χ4n) is 4.27. The Bertz CT molecular complexity index is 1500. The number of aryl methyl sites for hydroxylation is 1. The Labute approximate surface area is 201 Å². The molecule has 174 valence electrons. The van der Waals surface area contributed by atoms with E-state index in [1.54, 1.807) is 55.5 Å². The molecule has 1 aliphatic heterocycles. The summed E-state index contributed by atoms with van der Waals surface area (Å²) in [5.41, 5.74) is 0.975. The molecule has 35 heavy (non-hydrogen) atoms. The lowest BCUT2D eigenvalue weighted by Gasteiger charge is -2.23. The molecule has 1 amide bonds. The molecule has 0 saturated carbocycles. The van der Waals surface area contributed by atoms with Gasteiger partial charge in [-0.2, -0.15) is 0 Å². The van der Waals surface area contributed by atoms with Gasteiger partial charge in [0.2, 0.25) is 0 Å². The smallest absolute Gasteiger partial charge is 0.301 e. The van der Waals surface area contributed by atoms with Crippen LogP contribution < -0.4 is 9.64 Å². The molecular formula is C28H22N2O5. The number of carbonyl (C=O) groups is 2. The Morgan fingerprint density at radius 1 is 1.09 bits per heavy atom. The number of benzene rings is 3. The lowest BCUT2D eigenvalue weighted by atomic mass is 9.94. The predicted octanol–water partition coefficient (Wildman–Crippen LogP) is 5.33. The quantitative estimate of drug-likeness (QED) is 0.179. The summed E-state index contributed by atoms with van der Waals surface area (Å²) < 4.78 is 10.8. The molecule has 5 rings (SSSR count). The van der Waals surface area contributed by atoms with Crippen LogP contribution in [-0.2, 0) is 9.59 Å². The van der Waals surface area contributed by atoms with E-state index in [-0.39, 0.29) is 17.2 Å². The minimum atomic E-state index is -0.932. The van der Waals surface area contributed by atoms with Crippen molar-refractivity contribution in [1.82, 2.24) is 5.16 Å². The predicted molar refractivity (Wildman–Crippen MR) is 132 cm³/mol. The van der Waals surface area contributed by atoms with Gasteiger partial charge in [0.1, 0.15) is 23.9 Å². The van der Waals surface area contributed by atoms with E-state index >= 15 is 0 Å². The van der Waals surface area contributed by atoms with Crippen molar-refractivity contribution in [3.05, 3.63) is 108 Å². The first-order chi connectivity index (χ1) is 17.0. The lowest BCUT2D eigenvalue weighted by Crippen LogP contribution is -2.29. The molecule has 3 aromatic carbocycles. The Morgan fingerprint density at radius 3 is 2.63 bits per heavy atom. The topological polar surface area (TPSA) is 92.9 Å². The van der Waals surface area contributed by atoms with Gasteiger partial charge in [-0.25, -0.2) is 0 Å². The second kappa shape index (κ2) is 8.95.